The zero-order valence-corrected chi connectivity index (χ0v) is 7.78. The molecule has 0 heterocycles. The van der Waals surface area contributed by atoms with Gasteiger partial charge in [-0.1, -0.05) is 17.7 Å². The summed E-state index contributed by atoms with van der Waals surface area (Å²) in [5.74, 6) is 0. The molecule has 0 aliphatic heterocycles. The lowest BCUT2D eigenvalue weighted by atomic mass is 10.1. The monoisotopic (exact) mass is 205 g/mol. The molecule has 0 saturated heterocycles. The molecule has 1 aromatic rings. The van der Waals surface area contributed by atoms with Crippen LogP contribution < -0.4 is 16.3 Å². The van der Waals surface area contributed by atoms with Gasteiger partial charge in [-0.3, -0.25) is 0 Å². The molecule has 0 fully saturated rings. The standard InChI is InChI=1S/C7H9Cl2N3/c8-5-2-1-4(3-12-9)6(10)7(5)11/h1-2,12H,3,10-11H2. The summed E-state index contributed by atoms with van der Waals surface area (Å²) in [7, 11) is 0. The largest absolute Gasteiger partial charge is 0.397 e. The molecule has 0 bridgehead atoms. The van der Waals surface area contributed by atoms with E-state index < -0.39 is 0 Å². The molecule has 5 N–H and O–H groups in total. The molecule has 0 radical (unpaired) electrons. The lowest BCUT2D eigenvalue weighted by Gasteiger charge is -2.07. The summed E-state index contributed by atoms with van der Waals surface area (Å²) >= 11 is 11.0. The van der Waals surface area contributed by atoms with Crippen LogP contribution in [0.1, 0.15) is 5.56 Å². The molecule has 3 nitrogen and oxygen atoms in total. The van der Waals surface area contributed by atoms with Crippen LogP contribution in [-0.4, -0.2) is 0 Å². The maximum absolute atomic E-state index is 5.73. The molecule has 66 valence electrons. The maximum atomic E-state index is 5.73. The number of hydrogen-bond donors (Lipinski definition) is 3. The van der Waals surface area contributed by atoms with Gasteiger partial charge in [-0.15, -0.1) is 0 Å². The molecular formula is C7H9Cl2N3. The van der Waals surface area contributed by atoms with Crippen molar-refractivity contribution in [2.45, 2.75) is 6.54 Å². The van der Waals surface area contributed by atoms with E-state index in [9.17, 15) is 0 Å². The first-order valence-electron chi connectivity index (χ1n) is 3.32. The van der Waals surface area contributed by atoms with Gasteiger partial charge < -0.3 is 11.5 Å². The molecule has 0 spiro atoms. The minimum Gasteiger partial charge on any atom is -0.397 e. The number of nitrogens with one attached hydrogen (secondary N) is 1. The van der Waals surface area contributed by atoms with Crippen LogP contribution in [0.3, 0.4) is 0 Å². The molecule has 5 heteroatoms. The van der Waals surface area contributed by atoms with Crippen LogP contribution in [0.15, 0.2) is 12.1 Å². The molecule has 1 aromatic carbocycles. The van der Waals surface area contributed by atoms with Gasteiger partial charge in [-0.25, -0.2) is 4.84 Å². The van der Waals surface area contributed by atoms with Gasteiger partial charge in [0.05, 0.1) is 16.4 Å². The van der Waals surface area contributed by atoms with Crippen LogP contribution in [0.25, 0.3) is 0 Å². The van der Waals surface area contributed by atoms with Crippen molar-refractivity contribution in [2.75, 3.05) is 11.5 Å². The molecule has 0 aliphatic carbocycles. The molecule has 0 aromatic heterocycles. The summed E-state index contributed by atoms with van der Waals surface area (Å²) in [4.78, 5) is 2.47. The van der Waals surface area contributed by atoms with E-state index >= 15 is 0 Å². The zero-order chi connectivity index (χ0) is 9.14. The van der Waals surface area contributed by atoms with Crippen molar-refractivity contribution < 1.29 is 0 Å². The first-order valence-corrected chi connectivity index (χ1v) is 4.08. The van der Waals surface area contributed by atoms with Crippen LogP contribution >= 0.6 is 23.4 Å². The van der Waals surface area contributed by atoms with Crippen LogP contribution in [0.4, 0.5) is 11.4 Å². The Labute approximate surface area is 80.7 Å². The fraction of sp³-hybridized carbons (Fsp3) is 0.143. The highest BCUT2D eigenvalue weighted by Gasteiger charge is 2.05. The van der Waals surface area contributed by atoms with E-state index in [2.05, 4.69) is 4.84 Å². The molecule has 0 unspecified atom stereocenters. The van der Waals surface area contributed by atoms with E-state index in [1.807, 2.05) is 0 Å². The average Bonchev–Trinajstić information content (AvgIpc) is 2.07. The Kier molecular flexibility index (Phi) is 3.03. The Balaban J connectivity index is 3.08. The van der Waals surface area contributed by atoms with Crippen molar-refractivity contribution in [1.82, 2.24) is 4.84 Å². The number of halogens is 2. The first-order chi connectivity index (χ1) is 5.66. The highest BCUT2D eigenvalue weighted by atomic mass is 35.5. The average molecular weight is 206 g/mol. The molecule has 1 rings (SSSR count). The molecule has 0 saturated carbocycles. The lowest BCUT2D eigenvalue weighted by molar-refractivity contribution is 0.967. The van der Waals surface area contributed by atoms with Gasteiger partial charge in [0.15, 0.2) is 0 Å². The van der Waals surface area contributed by atoms with E-state index in [0.29, 0.717) is 22.9 Å². The van der Waals surface area contributed by atoms with Crippen LogP contribution in [0.2, 0.25) is 5.02 Å². The number of benzene rings is 1. The van der Waals surface area contributed by atoms with Crippen molar-refractivity contribution in [2.24, 2.45) is 0 Å². The van der Waals surface area contributed by atoms with Gasteiger partial charge in [0.2, 0.25) is 0 Å². The van der Waals surface area contributed by atoms with Crippen molar-refractivity contribution in [3.63, 3.8) is 0 Å². The SMILES string of the molecule is Nc1c(Cl)ccc(CNCl)c1N. The second kappa shape index (κ2) is 3.85. The third-order valence-electron chi connectivity index (χ3n) is 1.58. The predicted octanol–water partition coefficient (Wildman–Crippen LogP) is 1.75. The molecule has 0 amide bonds. The van der Waals surface area contributed by atoms with Crippen molar-refractivity contribution in [3.8, 4) is 0 Å². The number of hydrogen-bond acceptors (Lipinski definition) is 3. The van der Waals surface area contributed by atoms with Crippen LogP contribution in [-0.2, 0) is 6.54 Å². The number of nitrogens with two attached hydrogens (primary N) is 2. The van der Waals surface area contributed by atoms with Gasteiger partial charge in [0.1, 0.15) is 0 Å². The highest BCUT2D eigenvalue weighted by molar-refractivity contribution is 6.33. The van der Waals surface area contributed by atoms with E-state index in [-0.39, 0.29) is 0 Å². The number of rotatable bonds is 2. The molecule has 12 heavy (non-hydrogen) atoms. The lowest BCUT2D eigenvalue weighted by Crippen LogP contribution is -2.05. The Morgan fingerprint density at radius 2 is 1.92 bits per heavy atom. The summed E-state index contributed by atoms with van der Waals surface area (Å²) in [5.41, 5.74) is 13.0. The maximum Gasteiger partial charge on any atom is 0.0740 e. The molecule has 0 atom stereocenters. The highest BCUT2D eigenvalue weighted by Crippen LogP contribution is 2.27. The molecular weight excluding hydrogens is 197 g/mol. The van der Waals surface area contributed by atoms with Crippen molar-refractivity contribution in [1.29, 1.82) is 0 Å². The zero-order valence-electron chi connectivity index (χ0n) is 6.27. The van der Waals surface area contributed by atoms with E-state index in [1.54, 1.807) is 12.1 Å². The third-order valence-corrected chi connectivity index (χ3v) is 2.04. The first kappa shape index (κ1) is 9.45. The summed E-state index contributed by atoms with van der Waals surface area (Å²) in [6.07, 6.45) is 0. The smallest absolute Gasteiger partial charge is 0.0740 e. The summed E-state index contributed by atoms with van der Waals surface area (Å²) in [6.45, 7) is 0.467. The minimum absolute atomic E-state index is 0.404. The Bertz CT molecular complexity index is 288. The Hall–Kier alpha value is -0.640. The minimum atomic E-state index is 0.404. The normalized spacial score (nSPS) is 10.2. The fourth-order valence-electron chi connectivity index (χ4n) is 0.881. The van der Waals surface area contributed by atoms with Gasteiger partial charge in [-0.05, 0) is 23.4 Å². The third kappa shape index (κ3) is 1.75. The summed E-state index contributed by atoms with van der Waals surface area (Å²) in [5, 5.41) is 0.464. The van der Waals surface area contributed by atoms with Gasteiger partial charge in [-0.2, -0.15) is 0 Å². The van der Waals surface area contributed by atoms with E-state index in [1.165, 1.54) is 0 Å². The van der Waals surface area contributed by atoms with Gasteiger partial charge in [0.25, 0.3) is 0 Å². The Morgan fingerprint density at radius 1 is 1.25 bits per heavy atom. The number of nitrogen functional groups attached to an aromatic ring is 2. The van der Waals surface area contributed by atoms with Crippen LogP contribution in [0, 0.1) is 0 Å². The second-order valence-corrected chi connectivity index (χ2v) is 3.02. The molecule has 0 aliphatic rings. The second-order valence-electron chi connectivity index (χ2n) is 2.34. The van der Waals surface area contributed by atoms with Gasteiger partial charge >= 0.3 is 0 Å². The fourth-order valence-corrected chi connectivity index (χ4v) is 1.19. The van der Waals surface area contributed by atoms with E-state index in [4.69, 9.17) is 34.8 Å². The van der Waals surface area contributed by atoms with E-state index in [0.717, 1.165) is 5.56 Å². The number of anilines is 2. The Morgan fingerprint density at radius 3 is 2.50 bits per heavy atom. The topological polar surface area (TPSA) is 64.1 Å². The van der Waals surface area contributed by atoms with Crippen molar-refractivity contribution >= 4 is 34.8 Å². The quantitative estimate of drug-likeness (QED) is 0.510. The van der Waals surface area contributed by atoms with Gasteiger partial charge in [0, 0.05) is 6.54 Å². The van der Waals surface area contributed by atoms with Crippen molar-refractivity contribution in [3.05, 3.63) is 22.7 Å². The predicted molar refractivity (Wildman–Crippen MR) is 53.0 cm³/mol. The summed E-state index contributed by atoms with van der Waals surface area (Å²) in [6, 6.07) is 3.47. The van der Waals surface area contributed by atoms with Crippen LogP contribution in [0.5, 0.6) is 0 Å². The summed E-state index contributed by atoms with van der Waals surface area (Å²) < 4.78 is 0.